The number of hydrogen-bond acceptors (Lipinski definition) is 4. The molecule has 0 aliphatic carbocycles. The average molecular weight is 589 g/mol. The van der Waals surface area contributed by atoms with E-state index in [9.17, 15) is 4.79 Å². The van der Waals surface area contributed by atoms with E-state index in [0.29, 0.717) is 19.7 Å². The first-order valence-corrected chi connectivity index (χ1v) is 18.2. The van der Waals surface area contributed by atoms with Crippen LogP contribution in [0.15, 0.2) is 30.3 Å². The van der Waals surface area contributed by atoms with Gasteiger partial charge in [0.2, 0.25) is 0 Å². The second-order valence-electron chi connectivity index (χ2n) is 12.3. The van der Waals surface area contributed by atoms with Crippen molar-refractivity contribution in [1.29, 1.82) is 0 Å². The van der Waals surface area contributed by atoms with E-state index in [1.807, 2.05) is 30.3 Å². The molecule has 1 rings (SSSR count). The maximum Gasteiger partial charge on any atom is 0.358 e. The van der Waals surface area contributed by atoms with Gasteiger partial charge in [-0.05, 0) is 25.0 Å². The summed E-state index contributed by atoms with van der Waals surface area (Å²) < 4.78 is 17.9. The van der Waals surface area contributed by atoms with E-state index >= 15 is 0 Å². The van der Waals surface area contributed by atoms with Gasteiger partial charge >= 0.3 is 5.97 Å². The summed E-state index contributed by atoms with van der Waals surface area (Å²) in [4.78, 5) is 11.5. The van der Waals surface area contributed by atoms with Gasteiger partial charge in [-0.3, -0.25) is 4.79 Å². The van der Waals surface area contributed by atoms with Gasteiger partial charge in [0.25, 0.3) is 6.47 Å². The lowest BCUT2D eigenvalue weighted by Gasteiger charge is -2.31. The zero-order chi connectivity index (χ0) is 30.2. The lowest BCUT2D eigenvalue weighted by atomic mass is 10.0. The van der Waals surface area contributed by atoms with E-state index in [1.165, 1.54) is 141 Å². The van der Waals surface area contributed by atoms with Crippen LogP contribution in [0.3, 0.4) is 0 Å². The second-order valence-corrected chi connectivity index (χ2v) is 12.3. The highest BCUT2D eigenvalue weighted by molar-refractivity contribution is 5.39. The first kappa shape index (κ1) is 38.6. The largest absolute Gasteiger partial charge is 0.406 e. The number of carbonyl (C=O) groups is 1. The van der Waals surface area contributed by atoms with E-state index in [1.54, 1.807) is 0 Å². The van der Waals surface area contributed by atoms with Crippen LogP contribution in [0.1, 0.15) is 186 Å². The molecule has 0 bridgehead atoms. The molecule has 0 saturated carbocycles. The number of carbonyl (C=O) groups excluding carboxylic acids is 1. The Labute approximate surface area is 261 Å². The van der Waals surface area contributed by atoms with Crippen LogP contribution in [0.25, 0.3) is 0 Å². The lowest BCUT2D eigenvalue weighted by molar-refractivity contribution is -0.370. The third-order valence-electron chi connectivity index (χ3n) is 8.41. The predicted molar refractivity (Wildman–Crippen MR) is 179 cm³/mol. The Morgan fingerprint density at radius 3 is 1.10 bits per heavy atom. The van der Waals surface area contributed by atoms with Crippen LogP contribution in [0.5, 0.6) is 0 Å². The van der Waals surface area contributed by atoms with Crippen molar-refractivity contribution in [2.24, 2.45) is 0 Å². The molecule has 0 atom stereocenters. The van der Waals surface area contributed by atoms with Gasteiger partial charge in [-0.1, -0.05) is 186 Å². The van der Waals surface area contributed by atoms with Crippen molar-refractivity contribution in [3.8, 4) is 0 Å². The van der Waals surface area contributed by atoms with Gasteiger partial charge in [0.1, 0.15) is 0 Å². The van der Waals surface area contributed by atoms with Crippen LogP contribution >= 0.6 is 0 Å². The van der Waals surface area contributed by atoms with Crippen molar-refractivity contribution in [1.82, 2.24) is 0 Å². The number of benzene rings is 1. The minimum atomic E-state index is -1.45. The van der Waals surface area contributed by atoms with Crippen molar-refractivity contribution in [3.63, 3.8) is 0 Å². The molecule has 0 aliphatic rings. The topological polar surface area (TPSA) is 44.8 Å². The van der Waals surface area contributed by atoms with Gasteiger partial charge < -0.3 is 14.2 Å². The third-order valence-corrected chi connectivity index (χ3v) is 8.41. The van der Waals surface area contributed by atoms with Crippen molar-refractivity contribution < 1.29 is 19.0 Å². The SMILES string of the molecule is CCCCCCCCCCCCCCCOC(OC=O)(OCCCCCCCCCCCCCCC)c1ccccc1. The summed E-state index contributed by atoms with van der Waals surface area (Å²) in [6.07, 6.45) is 34.0. The average Bonchev–Trinajstić information content (AvgIpc) is 3.01. The fourth-order valence-corrected chi connectivity index (χ4v) is 5.70. The molecule has 0 spiro atoms. The summed E-state index contributed by atoms with van der Waals surface area (Å²) >= 11 is 0. The van der Waals surface area contributed by atoms with Gasteiger partial charge in [-0.15, -0.1) is 0 Å². The minimum absolute atomic E-state index is 0.459. The first-order valence-electron chi connectivity index (χ1n) is 18.2. The summed E-state index contributed by atoms with van der Waals surface area (Å²) in [6, 6.07) is 9.64. The molecule has 4 nitrogen and oxygen atoms in total. The normalized spacial score (nSPS) is 11.7. The monoisotopic (exact) mass is 589 g/mol. The molecule has 0 N–H and O–H groups in total. The fraction of sp³-hybridized carbons (Fsp3) is 0.816. The molecule has 0 heterocycles. The summed E-state index contributed by atoms with van der Waals surface area (Å²) in [7, 11) is 0. The molecular formula is C38H68O4. The molecule has 4 heteroatoms. The molecular weight excluding hydrogens is 520 g/mol. The Kier molecular flexibility index (Phi) is 27.3. The number of rotatable bonds is 33. The predicted octanol–water partition coefficient (Wildman–Crippen LogP) is 12.2. The molecule has 0 saturated heterocycles. The second kappa shape index (κ2) is 29.7. The first-order chi connectivity index (χ1) is 20.8. The summed E-state index contributed by atoms with van der Waals surface area (Å²) in [5, 5.41) is 0. The smallest absolute Gasteiger partial charge is 0.358 e. The maximum atomic E-state index is 11.5. The molecule has 0 aliphatic heterocycles. The summed E-state index contributed by atoms with van der Waals surface area (Å²) in [6.45, 7) is 6.04. The van der Waals surface area contributed by atoms with Crippen LogP contribution < -0.4 is 0 Å². The molecule has 0 amide bonds. The molecule has 1 aromatic rings. The van der Waals surface area contributed by atoms with E-state index in [4.69, 9.17) is 14.2 Å². The quantitative estimate of drug-likeness (QED) is 0.0465. The van der Waals surface area contributed by atoms with E-state index in [2.05, 4.69) is 13.8 Å². The number of unbranched alkanes of at least 4 members (excludes halogenated alkanes) is 24. The third kappa shape index (κ3) is 21.3. The molecule has 42 heavy (non-hydrogen) atoms. The Morgan fingerprint density at radius 1 is 0.476 bits per heavy atom. The van der Waals surface area contributed by atoms with Crippen molar-refractivity contribution in [3.05, 3.63) is 35.9 Å². The van der Waals surface area contributed by atoms with Gasteiger partial charge in [-0.25, -0.2) is 0 Å². The highest BCUT2D eigenvalue weighted by Gasteiger charge is 2.37. The maximum absolute atomic E-state index is 11.5. The summed E-state index contributed by atoms with van der Waals surface area (Å²) in [5.41, 5.74) is 0.737. The van der Waals surface area contributed by atoms with Gasteiger partial charge in [0.05, 0.1) is 18.8 Å². The van der Waals surface area contributed by atoms with Crippen LogP contribution in [-0.2, 0) is 25.0 Å². The van der Waals surface area contributed by atoms with Crippen LogP contribution in [-0.4, -0.2) is 19.7 Å². The van der Waals surface area contributed by atoms with E-state index < -0.39 is 5.97 Å². The zero-order valence-electron chi connectivity index (χ0n) is 27.9. The Hall–Kier alpha value is -1.39. The molecule has 0 aromatic heterocycles. The van der Waals surface area contributed by atoms with E-state index in [-0.39, 0.29) is 0 Å². The molecule has 0 radical (unpaired) electrons. The van der Waals surface area contributed by atoms with Crippen molar-refractivity contribution >= 4 is 6.47 Å². The van der Waals surface area contributed by atoms with Crippen LogP contribution in [0.2, 0.25) is 0 Å². The Balaban J connectivity index is 2.22. The number of ether oxygens (including phenoxy) is 3. The standard InChI is InChI=1S/C38H68O4/c1-3-5-7-9-11-13-15-17-19-21-23-25-30-34-40-38(42-36-39,37-32-28-27-29-33-37)41-35-31-26-24-22-20-18-16-14-12-10-8-6-4-2/h27-29,32-33,36H,3-26,30-31,34-35H2,1-2H3. The van der Waals surface area contributed by atoms with Crippen LogP contribution in [0, 0.1) is 0 Å². The highest BCUT2D eigenvalue weighted by atomic mass is 16.9. The molecule has 0 fully saturated rings. The van der Waals surface area contributed by atoms with Gasteiger partial charge in [-0.2, -0.15) is 0 Å². The Bertz CT molecular complexity index is 645. The van der Waals surface area contributed by atoms with Gasteiger partial charge in [0, 0.05) is 0 Å². The highest BCUT2D eigenvalue weighted by Crippen LogP contribution is 2.29. The molecule has 244 valence electrons. The lowest BCUT2D eigenvalue weighted by Crippen LogP contribution is -2.37. The zero-order valence-corrected chi connectivity index (χ0v) is 27.9. The minimum Gasteiger partial charge on any atom is -0.406 e. The molecule has 0 unspecified atom stereocenters. The summed E-state index contributed by atoms with van der Waals surface area (Å²) in [5.74, 6) is -1.45. The van der Waals surface area contributed by atoms with Crippen LogP contribution in [0.4, 0.5) is 0 Å². The van der Waals surface area contributed by atoms with Crippen molar-refractivity contribution in [2.45, 2.75) is 187 Å². The van der Waals surface area contributed by atoms with Gasteiger partial charge in [0.15, 0.2) is 0 Å². The molecule has 1 aromatic carbocycles. The number of hydrogen-bond donors (Lipinski definition) is 0. The van der Waals surface area contributed by atoms with Crippen molar-refractivity contribution in [2.75, 3.05) is 13.2 Å². The fourth-order valence-electron chi connectivity index (χ4n) is 5.70. The Morgan fingerprint density at radius 2 is 0.786 bits per heavy atom. The van der Waals surface area contributed by atoms with E-state index in [0.717, 1.165) is 31.2 Å².